The van der Waals surface area contributed by atoms with Gasteiger partial charge in [-0.2, -0.15) is 0 Å². The van der Waals surface area contributed by atoms with Crippen molar-refractivity contribution in [2.75, 3.05) is 10.1 Å². The average molecular weight is 270 g/mol. The summed E-state index contributed by atoms with van der Waals surface area (Å²) in [6, 6.07) is 2.38. The van der Waals surface area contributed by atoms with Crippen LogP contribution in [-0.2, 0) is 10.0 Å². The lowest BCUT2D eigenvalue weighted by Gasteiger charge is -2.05. The quantitative estimate of drug-likeness (QED) is 0.515. The number of hydrogen-bond acceptors (Lipinski definition) is 8. The van der Waals surface area contributed by atoms with Gasteiger partial charge in [0.15, 0.2) is 0 Å². The van der Waals surface area contributed by atoms with Gasteiger partial charge in [0.05, 0.1) is 4.90 Å². The van der Waals surface area contributed by atoms with Gasteiger partial charge in [-0.05, 0) is 6.07 Å². The van der Waals surface area contributed by atoms with Crippen molar-refractivity contribution >= 4 is 21.9 Å². The van der Waals surface area contributed by atoms with E-state index in [9.17, 15) is 8.42 Å². The van der Waals surface area contributed by atoms with E-state index in [1.807, 2.05) is 0 Å². The van der Waals surface area contributed by atoms with E-state index >= 15 is 0 Å². The summed E-state index contributed by atoms with van der Waals surface area (Å²) in [5, 5.41) is 7.05. The highest BCUT2D eigenvalue weighted by molar-refractivity contribution is 7.92. The number of aromatic nitrogens is 3. The van der Waals surface area contributed by atoms with E-state index in [1.165, 1.54) is 18.3 Å². The molecule has 0 fully saturated rings. The lowest BCUT2D eigenvalue weighted by molar-refractivity contribution is 0.534. The summed E-state index contributed by atoms with van der Waals surface area (Å²) in [6.07, 6.45) is 1.31. The number of nitrogens with one attached hydrogen (secondary N) is 2. The van der Waals surface area contributed by atoms with Crippen LogP contribution in [0.1, 0.15) is 5.89 Å². The van der Waals surface area contributed by atoms with Gasteiger partial charge in [0.2, 0.25) is 5.89 Å². The molecule has 0 spiro atoms. The third-order valence-corrected chi connectivity index (χ3v) is 3.26. The van der Waals surface area contributed by atoms with Crippen LogP contribution in [0.5, 0.6) is 0 Å². The summed E-state index contributed by atoms with van der Waals surface area (Å²) in [5.74, 6) is 5.63. The number of aryl methyl sites for hydroxylation is 1. The van der Waals surface area contributed by atoms with E-state index in [4.69, 9.17) is 10.3 Å². The maximum atomic E-state index is 11.9. The largest absolute Gasteiger partial charge is 0.408 e. The van der Waals surface area contributed by atoms with E-state index in [-0.39, 0.29) is 22.6 Å². The van der Waals surface area contributed by atoms with Crippen molar-refractivity contribution in [3.63, 3.8) is 0 Å². The zero-order valence-electron chi connectivity index (χ0n) is 9.28. The summed E-state index contributed by atoms with van der Waals surface area (Å²) in [6.45, 7) is 1.55. The molecule has 4 N–H and O–H groups in total. The zero-order valence-corrected chi connectivity index (χ0v) is 10.1. The number of sulfonamides is 1. The monoisotopic (exact) mass is 270 g/mol. The van der Waals surface area contributed by atoms with Crippen LogP contribution in [0.25, 0.3) is 0 Å². The van der Waals surface area contributed by atoms with Crippen molar-refractivity contribution < 1.29 is 12.8 Å². The average Bonchev–Trinajstić information content (AvgIpc) is 2.74. The van der Waals surface area contributed by atoms with Crippen LogP contribution in [0.15, 0.2) is 27.6 Å². The van der Waals surface area contributed by atoms with E-state index in [1.54, 1.807) is 6.92 Å². The predicted molar refractivity (Wildman–Crippen MR) is 61.9 cm³/mol. The Bertz CT molecular complexity index is 652. The molecule has 2 aromatic rings. The van der Waals surface area contributed by atoms with Crippen LogP contribution in [0.3, 0.4) is 0 Å². The van der Waals surface area contributed by atoms with E-state index in [0.717, 1.165) is 0 Å². The summed E-state index contributed by atoms with van der Waals surface area (Å²) in [5.41, 5.74) is 2.25. The molecular weight excluding hydrogens is 260 g/mol. The summed E-state index contributed by atoms with van der Waals surface area (Å²) < 4.78 is 31.0. The second-order valence-electron chi connectivity index (χ2n) is 3.25. The fourth-order valence-electron chi connectivity index (χ4n) is 1.17. The Hall–Kier alpha value is -2.20. The molecule has 10 heteroatoms. The Kier molecular flexibility index (Phi) is 3.12. The molecule has 2 aromatic heterocycles. The summed E-state index contributed by atoms with van der Waals surface area (Å²) >= 11 is 0. The molecule has 2 rings (SSSR count). The fourth-order valence-corrected chi connectivity index (χ4v) is 2.11. The minimum Gasteiger partial charge on any atom is -0.408 e. The van der Waals surface area contributed by atoms with Crippen molar-refractivity contribution in [1.82, 2.24) is 15.2 Å². The zero-order chi connectivity index (χ0) is 13.2. The van der Waals surface area contributed by atoms with E-state index in [0.29, 0.717) is 0 Å². The molecule has 0 saturated carbocycles. The molecule has 18 heavy (non-hydrogen) atoms. The predicted octanol–water partition coefficient (Wildman–Crippen LogP) is -0.141. The van der Waals surface area contributed by atoms with E-state index < -0.39 is 10.0 Å². The molecule has 2 heterocycles. The Balaban J connectivity index is 2.30. The lowest BCUT2D eigenvalue weighted by Crippen LogP contribution is -2.15. The highest BCUT2D eigenvalue weighted by atomic mass is 32.2. The summed E-state index contributed by atoms with van der Waals surface area (Å²) in [7, 11) is -3.81. The van der Waals surface area contributed by atoms with Gasteiger partial charge in [0.1, 0.15) is 5.82 Å². The van der Waals surface area contributed by atoms with Crippen LogP contribution in [0, 0.1) is 6.92 Å². The molecular formula is C8H10N6O3S. The second kappa shape index (κ2) is 4.58. The topological polar surface area (TPSA) is 136 Å². The van der Waals surface area contributed by atoms with Crippen LogP contribution >= 0.6 is 0 Å². The Morgan fingerprint density at radius 1 is 1.39 bits per heavy atom. The standard InChI is InChI=1S/C8H10N6O3S/c1-5-12-13-8(17-5)14-18(15,16)6-2-3-10-7(4-6)11-9/h2-4H,9H2,1H3,(H,10,11)(H,13,14). The molecule has 0 atom stereocenters. The van der Waals surface area contributed by atoms with Crippen LogP contribution in [0.4, 0.5) is 11.8 Å². The van der Waals surface area contributed by atoms with Gasteiger partial charge in [0.25, 0.3) is 10.0 Å². The van der Waals surface area contributed by atoms with Crippen molar-refractivity contribution in [2.45, 2.75) is 11.8 Å². The number of rotatable bonds is 4. The number of nitrogen functional groups attached to an aromatic ring is 1. The Morgan fingerprint density at radius 2 is 2.17 bits per heavy atom. The smallest absolute Gasteiger partial charge is 0.329 e. The minimum absolute atomic E-state index is 0.0266. The van der Waals surface area contributed by atoms with Crippen molar-refractivity contribution in [3.05, 3.63) is 24.2 Å². The molecule has 0 amide bonds. The van der Waals surface area contributed by atoms with Crippen molar-refractivity contribution in [2.24, 2.45) is 5.84 Å². The summed E-state index contributed by atoms with van der Waals surface area (Å²) in [4.78, 5) is 3.78. The van der Waals surface area contributed by atoms with Crippen LogP contribution < -0.4 is 16.0 Å². The maximum Gasteiger partial charge on any atom is 0.329 e. The Labute approximate surface area is 102 Å². The number of pyridine rings is 1. The van der Waals surface area contributed by atoms with E-state index in [2.05, 4.69) is 25.3 Å². The second-order valence-corrected chi connectivity index (χ2v) is 4.94. The van der Waals surface area contributed by atoms with Gasteiger partial charge in [-0.3, -0.25) is 0 Å². The molecule has 9 nitrogen and oxygen atoms in total. The van der Waals surface area contributed by atoms with Gasteiger partial charge in [-0.1, -0.05) is 5.10 Å². The number of nitrogens with zero attached hydrogens (tertiary/aromatic N) is 3. The third kappa shape index (κ3) is 2.55. The van der Waals surface area contributed by atoms with Crippen molar-refractivity contribution in [3.8, 4) is 0 Å². The molecule has 0 aromatic carbocycles. The lowest BCUT2D eigenvalue weighted by atomic mass is 10.5. The molecule has 0 aliphatic heterocycles. The van der Waals surface area contributed by atoms with Crippen LogP contribution in [-0.4, -0.2) is 23.6 Å². The molecule has 0 aliphatic carbocycles. The van der Waals surface area contributed by atoms with Crippen LogP contribution in [0.2, 0.25) is 0 Å². The molecule has 0 radical (unpaired) electrons. The number of nitrogens with two attached hydrogens (primary N) is 1. The minimum atomic E-state index is -3.81. The van der Waals surface area contributed by atoms with Gasteiger partial charge in [-0.25, -0.2) is 24.0 Å². The van der Waals surface area contributed by atoms with Gasteiger partial charge >= 0.3 is 6.01 Å². The molecule has 0 unspecified atom stereocenters. The van der Waals surface area contributed by atoms with Gasteiger partial charge < -0.3 is 9.84 Å². The number of anilines is 2. The maximum absolute atomic E-state index is 11.9. The van der Waals surface area contributed by atoms with Crippen molar-refractivity contribution in [1.29, 1.82) is 0 Å². The Morgan fingerprint density at radius 3 is 2.78 bits per heavy atom. The first-order valence-electron chi connectivity index (χ1n) is 4.77. The SMILES string of the molecule is Cc1nnc(NS(=O)(=O)c2ccnc(NN)c2)o1. The first-order chi connectivity index (χ1) is 8.51. The first kappa shape index (κ1) is 12.3. The first-order valence-corrected chi connectivity index (χ1v) is 6.25. The highest BCUT2D eigenvalue weighted by Crippen LogP contribution is 2.16. The molecule has 0 saturated heterocycles. The fraction of sp³-hybridized carbons (Fsp3) is 0.125. The highest BCUT2D eigenvalue weighted by Gasteiger charge is 2.18. The number of hydrogen-bond donors (Lipinski definition) is 3. The molecule has 0 aliphatic rings. The number of hydrazine groups is 1. The van der Waals surface area contributed by atoms with Gasteiger partial charge in [0, 0.05) is 19.2 Å². The third-order valence-electron chi connectivity index (χ3n) is 1.94. The molecule has 96 valence electrons. The van der Waals surface area contributed by atoms with Gasteiger partial charge in [-0.15, -0.1) is 5.10 Å². The normalized spacial score (nSPS) is 11.2. The molecule has 0 bridgehead atoms.